The van der Waals surface area contributed by atoms with Crippen LogP contribution in [0.1, 0.15) is 12.8 Å². The zero-order valence-electron chi connectivity index (χ0n) is 9.58. The number of carbonyl (C=O) groups excluding carboxylic acids is 1. The van der Waals surface area contributed by atoms with Gasteiger partial charge >= 0.3 is 18.1 Å². The number of hydrogen-bond acceptors (Lipinski definition) is 3. The molecule has 2 aliphatic heterocycles. The van der Waals surface area contributed by atoms with Crippen LogP contribution in [0.15, 0.2) is 0 Å². The standard InChI is InChI=1S/C10H12F3NO4/c1-18-5-9-2-8(3-9,7(16)17)4-14(9)6(15)10(11,12)13/h2-5H2,1H3,(H,16,17). The van der Waals surface area contributed by atoms with Crippen molar-refractivity contribution in [1.29, 1.82) is 0 Å². The van der Waals surface area contributed by atoms with Crippen LogP contribution in [0, 0.1) is 5.41 Å². The van der Waals surface area contributed by atoms with Crippen LogP contribution < -0.4 is 0 Å². The minimum atomic E-state index is -4.99. The SMILES string of the molecule is COCC12CC(C(=O)O)(CN1C(=O)C(F)(F)F)C2. The van der Waals surface area contributed by atoms with Gasteiger partial charge < -0.3 is 14.7 Å². The summed E-state index contributed by atoms with van der Waals surface area (Å²) in [7, 11) is 1.31. The van der Waals surface area contributed by atoms with Gasteiger partial charge in [-0.3, -0.25) is 9.59 Å². The van der Waals surface area contributed by atoms with Gasteiger partial charge in [-0.25, -0.2) is 0 Å². The van der Waals surface area contributed by atoms with Crippen molar-refractivity contribution in [3.63, 3.8) is 0 Å². The monoisotopic (exact) mass is 267 g/mol. The Morgan fingerprint density at radius 3 is 2.33 bits per heavy atom. The number of carbonyl (C=O) groups is 2. The van der Waals surface area contributed by atoms with Gasteiger partial charge in [-0.15, -0.1) is 0 Å². The van der Waals surface area contributed by atoms with Crippen molar-refractivity contribution in [3.8, 4) is 0 Å². The molecule has 102 valence electrons. The summed E-state index contributed by atoms with van der Waals surface area (Å²) in [5, 5.41) is 9.04. The van der Waals surface area contributed by atoms with Crippen LogP contribution in [0.2, 0.25) is 0 Å². The summed E-state index contributed by atoms with van der Waals surface area (Å²) < 4.78 is 42.2. The quantitative estimate of drug-likeness (QED) is 0.815. The number of aliphatic carboxylic acids is 1. The lowest BCUT2D eigenvalue weighted by Crippen LogP contribution is -2.57. The molecule has 0 radical (unpaired) electrons. The van der Waals surface area contributed by atoms with Gasteiger partial charge in [0.25, 0.3) is 0 Å². The zero-order chi connectivity index (χ0) is 13.8. The molecule has 3 fully saturated rings. The van der Waals surface area contributed by atoms with Crippen LogP contribution >= 0.6 is 0 Å². The third-order valence-corrected chi connectivity index (χ3v) is 3.72. The number of amides is 1. The van der Waals surface area contributed by atoms with Crippen molar-refractivity contribution in [2.45, 2.75) is 24.6 Å². The van der Waals surface area contributed by atoms with E-state index in [0.717, 1.165) is 0 Å². The fourth-order valence-electron chi connectivity index (χ4n) is 3.09. The number of carboxylic acids is 1. The van der Waals surface area contributed by atoms with E-state index in [1.54, 1.807) is 0 Å². The molecule has 2 saturated heterocycles. The Bertz CT molecular complexity index is 400. The average Bonchev–Trinajstić information content (AvgIpc) is 2.66. The van der Waals surface area contributed by atoms with Gasteiger partial charge in [-0.2, -0.15) is 13.2 Å². The molecule has 8 heteroatoms. The number of hydrogen-bond donors (Lipinski definition) is 1. The van der Waals surface area contributed by atoms with Crippen molar-refractivity contribution < 1.29 is 32.6 Å². The second kappa shape index (κ2) is 3.59. The van der Waals surface area contributed by atoms with Crippen LogP contribution in [-0.2, 0) is 14.3 Å². The predicted octanol–water partition coefficient (Wildman–Crippen LogP) is 0.641. The first kappa shape index (κ1) is 13.1. The Morgan fingerprint density at radius 1 is 1.39 bits per heavy atom. The van der Waals surface area contributed by atoms with Crippen LogP contribution in [-0.4, -0.2) is 53.9 Å². The van der Waals surface area contributed by atoms with Gasteiger partial charge in [-0.1, -0.05) is 0 Å². The molecule has 3 aliphatic rings. The summed E-state index contributed by atoms with van der Waals surface area (Å²) in [5.41, 5.74) is -2.35. The lowest BCUT2D eigenvalue weighted by atomic mass is 9.62. The number of methoxy groups -OCH3 is 1. The minimum absolute atomic E-state index is 0.0188. The lowest BCUT2D eigenvalue weighted by Gasteiger charge is -2.45. The molecule has 0 aromatic heterocycles. The molecular weight excluding hydrogens is 255 g/mol. The molecule has 5 nitrogen and oxygen atoms in total. The molecule has 2 bridgehead atoms. The maximum absolute atomic E-state index is 12.4. The fourth-order valence-corrected chi connectivity index (χ4v) is 3.09. The molecule has 0 aromatic carbocycles. The lowest BCUT2D eigenvalue weighted by molar-refractivity contribution is -0.191. The molecule has 0 unspecified atom stereocenters. The number of nitrogens with zero attached hydrogens (tertiary/aromatic N) is 1. The molecule has 2 heterocycles. The van der Waals surface area contributed by atoms with Crippen LogP contribution in [0.25, 0.3) is 0 Å². The van der Waals surface area contributed by atoms with E-state index in [0.29, 0.717) is 4.90 Å². The highest BCUT2D eigenvalue weighted by Gasteiger charge is 2.72. The normalized spacial score (nSPS) is 34.3. The van der Waals surface area contributed by atoms with E-state index in [4.69, 9.17) is 9.84 Å². The van der Waals surface area contributed by atoms with Gasteiger partial charge in [0.2, 0.25) is 0 Å². The van der Waals surface area contributed by atoms with Crippen LogP contribution in [0.3, 0.4) is 0 Å². The Hall–Kier alpha value is -1.31. The number of fused-ring (bicyclic) bond motifs is 1. The second-order valence-electron chi connectivity index (χ2n) is 4.99. The van der Waals surface area contributed by atoms with Crippen LogP contribution in [0.4, 0.5) is 13.2 Å². The first-order valence-corrected chi connectivity index (χ1v) is 5.28. The van der Waals surface area contributed by atoms with E-state index in [-0.39, 0.29) is 19.4 Å². The van der Waals surface area contributed by atoms with Gasteiger partial charge in [-0.05, 0) is 12.8 Å². The second-order valence-corrected chi connectivity index (χ2v) is 4.99. The third-order valence-electron chi connectivity index (χ3n) is 3.72. The molecule has 0 atom stereocenters. The zero-order valence-corrected chi connectivity index (χ0v) is 9.58. The molecule has 1 N–H and O–H groups in total. The van der Waals surface area contributed by atoms with Crippen molar-refractivity contribution in [1.82, 2.24) is 4.90 Å². The van der Waals surface area contributed by atoms with E-state index in [9.17, 15) is 22.8 Å². The summed E-state index contributed by atoms with van der Waals surface area (Å²) in [4.78, 5) is 23.0. The topological polar surface area (TPSA) is 66.8 Å². The smallest absolute Gasteiger partial charge is 0.471 e. The van der Waals surface area contributed by atoms with Crippen LogP contribution in [0.5, 0.6) is 0 Å². The summed E-state index contributed by atoms with van der Waals surface area (Å²) in [5.74, 6) is -3.15. The molecule has 0 spiro atoms. The molecule has 18 heavy (non-hydrogen) atoms. The number of carboxylic acid groups (broad SMARTS) is 1. The highest BCUT2D eigenvalue weighted by atomic mass is 19.4. The molecule has 1 saturated carbocycles. The van der Waals surface area contributed by atoms with Crippen molar-refractivity contribution >= 4 is 11.9 Å². The highest BCUT2D eigenvalue weighted by molar-refractivity contribution is 5.87. The summed E-state index contributed by atoms with van der Waals surface area (Å²) in [6, 6.07) is 0. The predicted molar refractivity (Wildman–Crippen MR) is 51.7 cm³/mol. The molecule has 0 aromatic rings. The van der Waals surface area contributed by atoms with Gasteiger partial charge in [0, 0.05) is 13.7 Å². The Kier molecular flexibility index (Phi) is 2.62. The fraction of sp³-hybridized carbons (Fsp3) is 0.800. The van der Waals surface area contributed by atoms with Gasteiger partial charge in [0.15, 0.2) is 0 Å². The number of alkyl halides is 3. The first-order chi connectivity index (χ1) is 8.17. The van der Waals surface area contributed by atoms with E-state index in [1.165, 1.54) is 7.11 Å². The number of rotatable bonds is 3. The average molecular weight is 267 g/mol. The number of halogens is 3. The van der Waals surface area contributed by atoms with Crippen molar-refractivity contribution in [2.24, 2.45) is 5.41 Å². The Labute approximate surface area is 100 Å². The first-order valence-electron chi connectivity index (χ1n) is 5.28. The van der Waals surface area contributed by atoms with E-state index in [2.05, 4.69) is 0 Å². The molecule has 3 rings (SSSR count). The summed E-state index contributed by atoms with van der Waals surface area (Å²) in [6.45, 7) is -0.478. The van der Waals surface area contributed by atoms with E-state index < -0.39 is 35.6 Å². The Balaban J connectivity index is 2.26. The maximum Gasteiger partial charge on any atom is 0.471 e. The summed E-state index contributed by atoms with van der Waals surface area (Å²) >= 11 is 0. The Morgan fingerprint density at radius 2 is 1.94 bits per heavy atom. The van der Waals surface area contributed by atoms with Crippen molar-refractivity contribution in [2.75, 3.05) is 20.3 Å². The molecule has 1 aliphatic carbocycles. The van der Waals surface area contributed by atoms with E-state index in [1.807, 2.05) is 0 Å². The maximum atomic E-state index is 12.4. The molecular formula is C10H12F3NO4. The van der Waals surface area contributed by atoms with Gasteiger partial charge in [0.05, 0.1) is 17.6 Å². The van der Waals surface area contributed by atoms with Gasteiger partial charge in [0.1, 0.15) is 0 Å². The molecule has 1 amide bonds. The largest absolute Gasteiger partial charge is 0.481 e. The van der Waals surface area contributed by atoms with Crippen molar-refractivity contribution in [3.05, 3.63) is 0 Å². The highest BCUT2D eigenvalue weighted by Crippen LogP contribution is 2.60. The third kappa shape index (κ3) is 1.58. The van der Waals surface area contributed by atoms with E-state index >= 15 is 0 Å². The minimum Gasteiger partial charge on any atom is -0.481 e. The summed E-state index contributed by atoms with van der Waals surface area (Å²) in [6.07, 6.45) is -4.95. The number of ether oxygens (including phenoxy) is 1.